The summed E-state index contributed by atoms with van der Waals surface area (Å²) < 4.78 is 3.43. The first kappa shape index (κ1) is 13.8. The highest BCUT2D eigenvalue weighted by Crippen LogP contribution is 2.25. The van der Waals surface area contributed by atoms with Crippen LogP contribution >= 0.6 is 0 Å². The summed E-state index contributed by atoms with van der Waals surface area (Å²) in [6, 6.07) is 14.0. The molecular weight excluding hydrogens is 286 g/mol. The Morgan fingerprint density at radius 1 is 0.957 bits per heavy atom. The highest BCUT2D eigenvalue weighted by atomic mass is 16.1. The fourth-order valence-corrected chi connectivity index (χ4v) is 3.12. The maximum atomic E-state index is 13.0. The molecule has 0 fully saturated rings. The zero-order valence-electron chi connectivity index (χ0n) is 13.4. The third-order valence-electron chi connectivity index (χ3n) is 4.58. The molecule has 23 heavy (non-hydrogen) atoms. The number of rotatable bonds is 1. The second-order valence-corrected chi connectivity index (χ2v) is 5.97. The van der Waals surface area contributed by atoms with Gasteiger partial charge in [-0.1, -0.05) is 24.3 Å². The van der Waals surface area contributed by atoms with Crippen LogP contribution < -0.4 is 5.56 Å². The number of hydrogen-bond donors (Lipinski definition) is 0. The van der Waals surface area contributed by atoms with Gasteiger partial charge in [0.1, 0.15) is 5.52 Å². The van der Waals surface area contributed by atoms with E-state index in [9.17, 15) is 4.79 Å². The Hall–Kier alpha value is -2.88. The summed E-state index contributed by atoms with van der Waals surface area (Å²) in [5.41, 5.74) is 4.77. The van der Waals surface area contributed by atoms with E-state index in [2.05, 4.69) is 12.0 Å². The molecule has 0 aliphatic carbocycles. The summed E-state index contributed by atoms with van der Waals surface area (Å²) in [6.45, 7) is 4.10. The lowest BCUT2D eigenvalue weighted by Crippen LogP contribution is -2.22. The quantitative estimate of drug-likeness (QED) is 0.540. The molecule has 4 heteroatoms. The molecule has 4 aromatic rings. The van der Waals surface area contributed by atoms with Crippen LogP contribution in [0.2, 0.25) is 0 Å². The molecule has 4 nitrogen and oxygen atoms in total. The fraction of sp³-hybridized carbons (Fsp3) is 0.158. The highest BCUT2D eigenvalue weighted by Gasteiger charge is 2.14. The fourth-order valence-electron chi connectivity index (χ4n) is 3.12. The van der Waals surface area contributed by atoms with Crippen molar-refractivity contribution < 1.29 is 0 Å². The van der Waals surface area contributed by atoms with E-state index in [1.54, 1.807) is 6.20 Å². The zero-order valence-corrected chi connectivity index (χ0v) is 13.4. The van der Waals surface area contributed by atoms with Crippen molar-refractivity contribution >= 4 is 21.8 Å². The largest absolute Gasteiger partial charge is 0.339 e. The van der Waals surface area contributed by atoms with Gasteiger partial charge in [0, 0.05) is 23.3 Å². The predicted molar refractivity (Wildman–Crippen MR) is 93.3 cm³/mol. The molecule has 0 saturated carbocycles. The third kappa shape index (κ3) is 1.91. The minimum absolute atomic E-state index is 0.0931. The smallest absolute Gasteiger partial charge is 0.296 e. The molecular formula is C19H17N3O. The van der Waals surface area contributed by atoms with Crippen LogP contribution in [0.4, 0.5) is 0 Å². The van der Waals surface area contributed by atoms with Crippen molar-refractivity contribution in [3.05, 3.63) is 70.1 Å². The number of aryl methyl sites for hydroxylation is 3. The van der Waals surface area contributed by atoms with Crippen molar-refractivity contribution in [2.24, 2.45) is 7.05 Å². The van der Waals surface area contributed by atoms with E-state index < -0.39 is 0 Å². The van der Waals surface area contributed by atoms with E-state index in [1.807, 2.05) is 61.0 Å². The molecule has 4 rings (SSSR count). The Morgan fingerprint density at radius 2 is 1.74 bits per heavy atom. The summed E-state index contributed by atoms with van der Waals surface area (Å²) >= 11 is 0. The minimum atomic E-state index is -0.0931. The molecule has 2 heterocycles. The van der Waals surface area contributed by atoms with Crippen LogP contribution in [0, 0.1) is 13.8 Å². The first-order valence-electron chi connectivity index (χ1n) is 7.61. The first-order chi connectivity index (χ1) is 11.1. The summed E-state index contributed by atoms with van der Waals surface area (Å²) in [4.78, 5) is 13.0. The predicted octanol–water partition coefficient (Wildman–Crippen LogP) is 3.49. The lowest BCUT2D eigenvalue weighted by molar-refractivity contribution is 0.810. The summed E-state index contributed by atoms with van der Waals surface area (Å²) in [6.07, 6.45) is 1.79. The van der Waals surface area contributed by atoms with E-state index in [4.69, 9.17) is 0 Å². The third-order valence-corrected chi connectivity index (χ3v) is 4.58. The van der Waals surface area contributed by atoms with E-state index in [0.29, 0.717) is 5.52 Å². The summed E-state index contributed by atoms with van der Waals surface area (Å²) in [7, 11) is 1.93. The minimum Gasteiger partial charge on any atom is -0.339 e. The number of hydrogen-bond acceptors (Lipinski definition) is 2. The van der Waals surface area contributed by atoms with Crippen molar-refractivity contribution in [1.82, 2.24) is 14.3 Å². The van der Waals surface area contributed by atoms with Crippen molar-refractivity contribution in [2.75, 3.05) is 0 Å². The van der Waals surface area contributed by atoms with Gasteiger partial charge in [0.25, 0.3) is 5.56 Å². The van der Waals surface area contributed by atoms with Crippen LogP contribution in [0.25, 0.3) is 27.5 Å². The number of nitrogens with zero attached hydrogens (tertiary/aromatic N) is 3. The van der Waals surface area contributed by atoms with Gasteiger partial charge >= 0.3 is 0 Å². The van der Waals surface area contributed by atoms with Gasteiger partial charge in [-0.05, 0) is 43.2 Å². The van der Waals surface area contributed by atoms with Crippen LogP contribution in [0.5, 0.6) is 0 Å². The van der Waals surface area contributed by atoms with Crippen LogP contribution in [0.1, 0.15) is 11.1 Å². The van der Waals surface area contributed by atoms with Gasteiger partial charge in [-0.15, -0.1) is 0 Å². The Kier molecular flexibility index (Phi) is 2.88. The van der Waals surface area contributed by atoms with E-state index in [1.165, 1.54) is 10.2 Å². The maximum Gasteiger partial charge on any atom is 0.296 e. The average Bonchev–Trinajstić information content (AvgIpc) is 2.85. The molecule has 114 valence electrons. The van der Waals surface area contributed by atoms with Gasteiger partial charge in [-0.3, -0.25) is 4.79 Å². The molecule has 0 radical (unpaired) electrons. The van der Waals surface area contributed by atoms with Crippen LogP contribution in [-0.2, 0) is 7.05 Å². The first-order valence-corrected chi connectivity index (χ1v) is 7.61. The van der Waals surface area contributed by atoms with Crippen LogP contribution in [0.3, 0.4) is 0 Å². The molecule has 0 aliphatic heterocycles. The van der Waals surface area contributed by atoms with E-state index in [-0.39, 0.29) is 5.56 Å². The molecule has 0 bridgehead atoms. The van der Waals surface area contributed by atoms with E-state index >= 15 is 0 Å². The van der Waals surface area contributed by atoms with Crippen LogP contribution in [0.15, 0.2) is 53.5 Å². The number of aromatic nitrogens is 3. The molecule has 0 atom stereocenters. The zero-order chi connectivity index (χ0) is 16.1. The molecule has 0 unspecified atom stereocenters. The number of benzene rings is 2. The molecule has 0 spiro atoms. The SMILES string of the molecule is Cc1ccc(-n2ncc3c4ccccc4n(C)c3c2=O)cc1C. The molecule has 2 aromatic heterocycles. The number of para-hydroxylation sites is 1. The lowest BCUT2D eigenvalue weighted by atomic mass is 10.1. The second kappa shape index (κ2) is 4.81. The summed E-state index contributed by atoms with van der Waals surface area (Å²) in [5.74, 6) is 0. The van der Waals surface area contributed by atoms with E-state index in [0.717, 1.165) is 27.5 Å². The van der Waals surface area contributed by atoms with Gasteiger partial charge in [0.15, 0.2) is 0 Å². The normalized spacial score (nSPS) is 11.4. The Balaban J connectivity index is 2.09. The molecule has 0 N–H and O–H groups in total. The molecule has 0 saturated heterocycles. The van der Waals surface area contributed by atoms with Gasteiger partial charge in [-0.25, -0.2) is 0 Å². The van der Waals surface area contributed by atoms with Gasteiger partial charge in [0.2, 0.25) is 0 Å². The number of fused-ring (bicyclic) bond motifs is 3. The van der Waals surface area contributed by atoms with Crippen molar-refractivity contribution in [3.63, 3.8) is 0 Å². The van der Waals surface area contributed by atoms with Gasteiger partial charge < -0.3 is 4.57 Å². The molecule has 0 aliphatic rings. The Morgan fingerprint density at radius 3 is 2.52 bits per heavy atom. The topological polar surface area (TPSA) is 39.8 Å². The standard InChI is InChI=1S/C19H17N3O/c1-12-8-9-14(10-13(12)2)22-19(23)18-16(11-20-22)15-6-4-5-7-17(15)21(18)3/h4-11H,1-3H3. The molecule has 2 aromatic carbocycles. The van der Waals surface area contributed by atoms with Gasteiger partial charge in [0.05, 0.1) is 11.9 Å². The van der Waals surface area contributed by atoms with Crippen LogP contribution in [-0.4, -0.2) is 14.3 Å². The Bertz CT molecular complexity index is 1120. The summed E-state index contributed by atoms with van der Waals surface area (Å²) in [5, 5.41) is 6.36. The van der Waals surface area contributed by atoms with Gasteiger partial charge in [-0.2, -0.15) is 9.78 Å². The average molecular weight is 303 g/mol. The second-order valence-electron chi connectivity index (χ2n) is 5.97. The maximum absolute atomic E-state index is 13.0. The highest BCUT2D eigenvalue weighted by molar-refractivity contribution is 6.07. The lowest BCUT2D eigenvalue weighted by Gasteiger charge is -2.07. The molecule has 0 amide bonds. The van der Waals surface area contributed by atoms with Crippen molar-refractivity contribution in [2.45, 2.75) is 13.8 Å². The monoisotopic (exact) mass is 303 g/mol. The van der Waals surface area contributed by atoms with Crippen molar-refractivity contribution in [1.29, 1.82) is 0 Å². The Labute approximate surface area is 133 Å². The van der Waals surface area contributed by atoms with Crippen molar-refractivity contribution in [3.8, 4) is 5.69 Å².